The molecule has 1 aromatic carbocycles. The zero-order valence-electron chi connectivity index (χ0n) is 15.8. The number of unbranched alkanes of at least 4 members (excludes halogenated alkanes) is 1. The Labute approximate surface area is 151 Å². The largest absolute Gasteiger partial charge is 0.497 e. The molecule has 0 saturated carbocycles. The number of carbonyl (C=O) groups excluding carboxylic acids is 1. The van der Waals surface area contributed by atoms with Crippen molar-refractivity contribution in [1.82, 2.24) is 10.2 Å². The molecule has 0 spiro atoms. The predicted molar refractivity (Wildman–Crippen MR) is 100 cm³/mol. The quantitative estimate of drug-likeness (QED) is 0.697. The summed E-state index contributed by atoms with van der Waals surface area (Å²) in [5.74, 6) is 2.30. The van der Waals surface area contributed by atoms with Crippen LogP contribution in [0.4, 0.5) is 0 Å². The van der Waals surface area contributed by atoms with E-state index in [1.807, 2.05) is 18.2 Å². The minimum absolute atomic E-state index is 0.0261. The second-order valence-electron chi connectivity index (χ2n) is 6.96. The van der Waals surface area contributed by atoms with E-state index in [0.29, 0.717) is 6.42 Å². The number of nitrogens with zero attached hydrogens (tertiary/aromatic N) is 1. The first kappa shape index (κ1) is 19.6. The SMILES string of the molecule is COc1ccc(OC)c(CC(=O)NCCCCN2CCCC(C)C2)c1. The molecule has 25 heavy (non-hydrogen) atoms. The summed E-state index contributed by atoms with van der Waals surface area (Å²) in [4.78, 5) is 14.7. The normalized spacial score (nSPS) is 18.0. The Morgan fingerprint density at radius 2 is 2.12 bits per heavy atom. The number of rotatable bonds is 9. The molecule has 1 fully saturated rings. The second kappa shape index (κ2) is 10.3. The van der Waals surface area contributed by atoms with Gasteiger partial charge in [0.25, 0.3) is 0 Å². The summed E-state index contributed by atoms with van der Waals surface area (Å²) in [5.41, 5.74) is 0.849. The molecule has 1 aromatic rings. The summed E-state index contributed by atoms with van der Waals surface area (Å²) in [5, 5.41) is 3.01. The van der Waals surface area contributed by atoms with Gasteiger partial charge in [0.2, 0.25) is 5.91 Å². The highest BCUT2D eigenvalue weighted by atomic mass is 16.5. The molecule has 140 valence electrons. The van der Waals surface area contributed by atoms with Crippen LogP contribution in [0.1, 0.15) is 38.2 Å². The average molecular weight is 348 g/mol. The third-order valence-corrected chi connectivity index (χ3v) is 4.80. The fourth-order valence-electron chi connectivity index (χ4n) is 3.43. The number of amides is 1. The van der Waals surface area contributed by atoms with Crippen molar-refractivity contribution in [1.29, 1.82) is 0 Å². The van der Waals surface area contributed by atoms with Crippen molar-refractivity contribution in [3.8, 4) is 11.5 Å². The molecule has 0 radical (unpaired) electrons. The van der Waals surface area contributed by atoms with E-state index in [9.17, 15) is 4.79 Å². The Hall–Kier alpha value is -1.75. The Morgan fingerprint density at radius 3 is 2.84 bits per heavy atom. The number of hydrogen-bond donors (Lipinski definition) is 1. The van der Waals surface area contributed by atoms with Crippen LogP contribution in [0.25, 0.3) is 0 Å². The molecule has 1 heterocycles. The molecular formula is C20H32N2O3. The highest BCUT2D eigenvalue weighted by molar-refractivity contribution is 5.79. The maximum absolute atomic E-state index is 12.2. The molecule has 1 aliphatic heterocycles. The van der Waals surface area contributed by atoms with E-state index in [2.05, 4.69) is 17.1 Å². The van der Waals surface area contributed by atoms with Gasteiger partial charge in [-0.05, 0) is 62.9 Å². The van der Waals surface area contributed by atoms with Crippen LogP contribution in [0, 0.1) is 5.92 Å². The average Bonchev–Trinajstić information content (AvgIpc) is 2.61. The van der Waals surface area contributed by atoms with Gasteiger partial charge in [0.15, 0.2) is 0 Å². The van der Waals surface area contributed by atoms with Gasteiger partial charge in [-0.2, -0.15) is 0 Å². The van der Waals surface area contributed by atoms with Crippen molar-refractivity contribution in [3.05, 3.63) is 23.8 Å². The minimum Gasteiger partial charge on any atom is -0.497 e. The van der Waals surface area contributed by atoms with Crippen LogP contribution in [0.15, 0.2) is 18.2 Å². The van der Waals surface area contributed by atoms with Crippen molar-refractivity contribution in [2.45, 2.75) is 39.0 Å². The maximum atomic E-state index is 12.2. The molecule has 5 heteroatoms. The van der Waals surface area contributed by atoms with Crippen LogP contribution in [0.3, 0.4) is 0 Å². The van der Waals surface area contributed by atoms with Gasteiger partial charge in [-0.25, -0.2) is 0 Å². The van der Waals surface area contributed by atoms with Crippen LogP contribution in [0.2, 0.25) is 0 Å². The minimum atomic E-state index is 0.0261. The van der Waals surface area contributed by atoms with E-state index in [1.165, 1.54) is 25.9 Å². The van der Waals surface area contributed by atoms with Crippen molar-refractivity contribution < 1.29 is 14.3 Å². The highest BCUT2D eigenvalue weighted by Crippen LogP contribution is 2.24. The molecule has 5 nitrogen and oxygen atoms in total. The lowest BCUT2D eigenvalue weighted by Gasteiger charge is -2.30. The maximum Gasteiger partial charge on any atom is 0.224 e. The standard InChI is InChI=1S/C20H32N2O3/c1-16-7-6-12-22(15-16)11-5-4-10-21-20(23)14-17-13-18(24-2)8-9-19(17)25-3/h8-9,13,16H,4-7,10-12,14-15H2,1-3H3,(H,21,23). The van der Waals surface area contributed by atoms with Crippen molar-refractivity contribution >= 4 is 5.91 Å². The summed E-state index contributed by atoms with van der Waals surface area (Å²) >= 11 is 0. The number of ether oxygens (including phenoxy) is 2. The summed E-state index contributed by atoms with van der Waals surface area (Å²) in [6, 6.07) is 5.53. The van der Waals surface area contributed by atoms with Gasteiger partial charge < -0.3 is 19.7 Å². The number of likely N-dealkylation sites (tertiary alicyclic amines) is 1. The zero-order valence-corrected chi connectivity index (χ0v) is 15.8. The lowest BCUT2D eigenvalue weighted by molar-refractivity contribution is -0.120. The Kier molecular flexibility index (Phi) is 8.06. The molecule has 1 N–H and O–H groups in total. The van der Waals surface area contributed by atoms with Crippen LogP contribution < -0.4 is 14.8 Å². The Balaban J connectivity index is 1.67. The molecular weight excluding hydrogens is 316 g/mol. The van der Waals surface area contributed by atoms with Gasteiger partial charge in [-0.3, -0.25) is 4.79 Å². The van der Waals surface area contributed by atoms with E-state index in [0.717, 1.165) is 48.9 Å². The molecule has 0 aromatic heterocycles. The van der Waals surface area contributed by atoms with Crippen molar-refractivity contribution in [2.24, 2.45) is 5.92 Å². The van der Waals surface area contributed by atoms with E-state index < -0.39 is 0 Å². The summed E-state index contributed by atoms with van der Waals surface area (Å²) < 4.78 is 10.5. The van der Waals surface area contributed by atoms with Gasteiger partial charge in [-0.1, -0.05) is 6.92 Å². The number of hydrogen-bond acceptors (Lipinski definition) is 4. The lowest BCUT2D eigenvalue weighted by Crippen LogP contribution is -2.35. The predicted octanol–water partition coefficient (Wildman–Crippen LogP) is 2.87. The fourth-order valence-corrected chi connectivity index (χ4v) is 3.43. The monoisotopic (exact) mass is 348 g/mol. The number of methoxy groups -OCH3 is 2. The molecule has 0 aliphatic carbocycles. The van der Waals surface area contributed by atoms with Crippen LogP contribution >= 0.6 is 0 Å². The summed E-state index contributed by atoms with van der Waals surface area (Å²) in [7, 11) is 3.24. The Morgan fingerprint density at radius 1 is 1.28 bits per heavy atom. The second-order valence-corrected chi connectivity index (χ2v) is 6.96. The Bertz CT molecular complexity index is 548. The third kappa shape index (κ3) is 6.58. The van der Waals surface area contributed by atoms with Gasteiger partial charge in [0, 0.05) is 18.7 Å². The fraction of sp³-hybridized carbons (Fsp3) is 0.650. The molecule has 1 aliphatic rings. The van der Waals surface area contributed by atoms with Crippen LogP contribution in [-0.2, 0) is 11.2 Å². The summed E-state index contributed by atoms with van der Waals surface area (Å²) in [6.45, 7) is 6.66. The lowest BCUT2D eigenvalue weighted by atomic mass is 10.0. The van der Waals surface area contributed by atoms with Crippen LogP contribution in [0.5, 0.6) is 11.5 Å². The topological polar surface area (TPSA) is 50.8 Å². The number of carbonyl (C=O) groups is 1. The molecule has 1 saturated heterocycles. The van der Waals surface area contributed by atoms with Gasteiger partial charge in [0.05, 0.1) is 20.6 Å². The smallest absolute Gasteiger partial charge is 0.224 e. The van der Waals surface area contributed by atoms with E-state index in [4.69, 9.17) is 9.47 Å². The van der Waals surface area contributed by atoms with Gasteiger partial charge >= 0.3 is 0 Å². The molecule has 2 rings (SSSR count). The third-order valence-electron chi connectivity index (χ3n) is 4.80. The van der Waals surface area contributed by atoms with E-state index >= 15 is 0 Å². The van der Waals surface area contributed by atoms with Crippen molar-refractivity contribution in [2.75, 3.05) is 40.4 Å². The number of benzene rings is 1. The number of piperidine rings is 1. The van der Waals surface area contributed by atoms with E-state index in [1.54, 1.807) is 14.2 Å². The molecule has 0 bridgehead atoms. The van der Waals surface area contributed by atoms with Gasteiger partial charge in [-0.15, -0.1) is 0 Å². The molecule has 1 atom stereocenters. The zero-order chi connectivity index (χ0) is 18.1. The molecule has 1 amide bonds. The highest BCUT2D eigenvalue weighted by Gasteiger charge is 2.15. The first-order valence-electron chi connectivity index (χ1n) is 9.32. The van der Waals surface area contributed by atoms with E-state index in [-0.39, 0.29) is 5.91 Å². The van der Waals surface area contributed by atoms with Crippen molar-refractivity contribution in [3.63, 3.8) is 0 Å². The number of nitrogens with one attached hydrogen (secondary N) is 1. The van der Waals surface area contributed by atoms with Gasteiger partial charge in [0.1, 0.15) is 11.5 Å². The molecule has 1 unspecified atom stereocenters. The summed E-state index contributed by atoms with van der Waals surface area (Å²) in [6.07, 6.45) is 5.14. The first-order chi connectivity index (χ1) is 12.1. The van der Waals surface area contributed by atoms with Crippen LogP contribution in [-0.4, -0.2) is 51.2 Å². The first-order valence-corrected chi connectivity index (χ1v) is 9.32.